The molecule has 0 saturated heterocycles. The van der Waals surface area contributed by atoms with Gasteiger partial charge in [-0.25, -0.2) is 0 Å². The Kier molecular flexibility index (Phi) is 5.92. The third-order valence-electron chi connectivity index (χ3n) is 3.88. The Morgan fingerprint density at radius 3 is 2.47 bits per heavy atom. The van der Waals surface area contributed by atoms with Gasteiger partial charge in [0.2, 0.25) is 5.91 Å². The van der Waals surface area contributed by atoms with Gasteiger partial charge in [-0.1, -0.05) is 19.8 Å². The van der Waals surface area contributed by atoms with Crippen molar-refractivity contribution in [2.45, 2.75) is 38.6 Å². The minimum atomic E-state index is 0.188. The molecule has 0 aromatic carbocycles. The molecule has 2 unspecified atom stereocenters. The average molecular weight is 241 g/mol. The molecule has 1 amide bonds. The van der Waals surface area contributed by atoms with Crippen LogP contribution in [0.2, 0.25) is 0 Å². The lowest BCUT2D eigenvalue weighted by Gasteiger charge is -2.39. The van der Waals surface area contributed by atoms with E-state index in [-0.39, 0.29) is 5.91 Å². The Bertz CT molecular complexity index is 243. The molecule has 1 aliphatic rings. The Balaban J connectivity index is 2.61. The quantitative estimate of drug-likeness (QED) is 0.778. The molecule has 0 aromatic rings. The second kappa shape index (κ2) is 6.97. The van der Waals surface area contributed by atoms with Crippen molar-refractivity contribution in [3.63, 3.8) is 0 Å². The summed E-state index contributed by atoms with van der Waals surface area (Å²) in [7, 11) is 3.63. The van der Waals surface area contributed by atoms with Gasteiger partial charge in [-0.05, 0) is 31.8 Å². The SMILES string of the molecule is CCN(CC(=O)N(C)C)C1CCCCC1CN. The largest absolute Gasteiger partial charge is 0.348 e. The van der Waals surface area contributed by atoms with Crippen molar-refractivity contribution in [3.8, 4) is 0 Å². The van der Waals surface area contributed by atoms with E-state index in [1.807, 2.05) is 14.1 Å². The smallest absolute Gasteiger partial charge is 0.236 e. The number of rotatable bonds is 5. The summed E-state index contributed by atoms with van der Waals surface area (Å²) in [5.41, 5.74) is 5.85. The number of hydrogen-bond donors (Lipinski definition) is 1. The molecule has 1 aliphatic carbocycles. The second-order valence-electron chi connectivity index (χ2n) is 5.20. The fourth-order valence-electron chi connectivity index (χ4n) is 2.72. The number of amides is 1. The standard InChI is InChI=1S/C13H27N3O/c1-4-16(10-13(17)15(2)3)12-8-6-5-7-11(12)9-14/h11-12H,4-10,14H2,1-3H3. The molecule has 0 bridgehead atoms. The number of nitrogens with two attached hydrogens (primary N) is 1. The van der Waals surface area contributed by atoms with Gasteiger partial charge in [0.05, 0.1) is 6.54 Å². The number of nitrogens with zero attached hydrogens (tertiary/aromatic N) is 2. The van der Waals surface area contributed by atoms with E-state index >= 15 is 0 Å². The van der Waals surface area contributed by atoms with Crippen molar-refractivity contribution in [1.82, 2.24) is 9.80 Å². The van der Waals surface area contributed by atoms with E-state index in [4.69, 9.17) is 5.73 Å². The van der Waals surface area contributed by atoms with Gasteiger partial charge in [0.25, 0.3) is 0 Å². The van der Waals surface area contributed by atoms with E-state index < -0.39 is 0 Å². The third kappa shape index (κ3) is 3.96. The Morgan fingerprint density at radius 2 is 1.94 bits per heavy atom. The lowest BCUT2D eigenvalue weighted by Crippen LogP contribution is -2.48. The zero-order valence-electron chi connectivity index (χ0n) is 11.5. The highest BCUT2D eigenvalue weighted by atomic mass is 16.2. The molecule has 0 radical (unpaired) electrons. The Labute approximate surface area is 105 Å². The van der Waals surface area contributed by atoms with Gasteiger partial charge in [0.1, 0.15) is 0 Å². The molecule has 1 saturated carbocycles. The summed E-state index contributed by atoms with van der Waals surface area (Å²) < 4.78 is 0. The summed E-state index contributed by atoms with van der Waals surface area (Å²) in [6, 6.07) is 0.502. The van der Waals surface area contributed by atoms with Crippen molar-refractivity contribution >= 4 is 5.91 Å². The minimum Gasteiger partial charge on any atom is -0.348 e. The van der Waals surface area contributed by atoms with Crippen molar-refractivity contribution < 1.29 is 4.79 Å². The summed E-state index contributed by atoms with van der Waals surface area (Å²) in [5, 5.41) is 0. The molecular formula is C13H27N3O. The highest BCUT2D eigenvalue weighted by Crippen LogP contribution is 2.27. The minimum absolute atomic E-state index is 0.188. The molecular weight excluding hydrogens is 214 g/mol. The molecule has 0 aliphatic heterocycles. The van der Waals surface area contributed by atoms with Crippen LogP contribution in [-0.2, 0) is 4.79 Å². The van der Waals surface area contributed by atoms with Crippen molar-refractivity contribution in [2.24, 2.45) is 11.7 Å². The molecule has 0 heterocycles. The highest BCUT2D eigenvalue weighted by molar-refractivity contribution is 5.77. The maximum Gasteiger partial charge on any atom is 0.236 e. The molecule has 1 fully saturated rings. The molecule has 100 valence electrons. The summed E-state index contributed by atoms with van der Waals surface area (Å²) in [6.07, 6.45) is 4.97. The van der Waals surface area contributed by atoms with Gasteiger partial charge in [-0.2, -0.15) is 0 Å². The lowest BCUT2D eigenvalue weighted by molar-refractivity contribution is -0.130. The highest BCUT2D eigenvalue weighted by Gasteiger charge is 2.29. The topological polar surface area (TPSA) is 49.6 Å². The zero-order chi connectivity index (χ0) is 12.8. The molecule has 4 heteroatoms. The van der Waals surface area contributed by atoms with Crippen LogP contribution >= 0.6 is 0 Å². The van der Waals surface area contributed by atoms with Gasteiger partial charge >= 0.3 is 0 Å². The Morgan fingerprint density at radius 1 is 1.29 bits per heavy atom. The molecule has 4 nitrogen and oxygen atoms in total. The van der Waals surface area contributed by atoms with Gasteiger partial charge < -0.3 is 10.6 Å². The zero-order valence-corrected chi connectivity index (χ0v) is 11.5. The Hall–Kier alpha value is -0.610. The second-order valence-corrected chi connectivity index (χ2v) is 5.20. The number of carbonyl (C=O) groups is 1. The van der Waals surface area contributed by atoms with Crippen LogP contribution in [0.25, 0.3) is 0 Å². The molecule has 1 rings (SSSR count). The van der Waals surface area contributed by atoms with Gasteiger partial charge in [0.15, 0.2) is 0 Å². The van der Waals surface area contributed by atoms with Crippen molar-refractivity contribution in [2.75, 3.05) is 33.7 Å². The van der Waals surface area contributed by atoms with E-state index in [2.05, 4.69) is 11.8 Å². The van der Waals surface area contributed by atoms with Gasteiger partial charge in [-0.3, -0.25) is 9.69 Å². The van der Waals surface area contributed by atoms with E-state index in [9.17, 15) is 4.79 Å². The first-order valence-corrected chi connectivity index (χ1v) is 6.74. The fourth-order valence-corrected chi connectivity index (χ4v) is 2.72. The summed E-state index contributed by atoms with van der Waals surface area (Å²) >= 11 is 0. The van der Waals surface area contributed by atoms with Crippen molar-refractivity contribution in [1.29, 1.82) is 0 Å². The third-order valence-corrected chi connectivity index (χ3v) is 3.88. The number of carbonyl (C=O) groups excluding carboxylic acids is 1. The van der Waals surface area contributed by atoms with Crippen LogP contribution in [0, 0.1) is 5.92 Å². The lowest BCUT2D eigenvalue weighted by atomic mass is 9.83. The first-order chi connectivity index (χ1) is 8.10. The molecule has 17 heavy (non-hydrogen) atoms. The van der Waals surface area contributed by atoms with E-state index in [0.29, 0.717) is 18.5 Å². The predicted molar refractivity (Wildman–Crippen MR) is 70.7 cm³/mol. The summed E-state index contributed by atoms with van der Waals surface area (Å²) in [4.78, 5) is 15.8. The van der Waals surface area contributed by atoms with Crippen molar-refractivity contribution in [3.05, 3.63) is 0 Å². The van der Waals surface area contributed by atoms with Crippen LogP contribution in [0.1, 0.15) is 32.6 Å². The van der Waals surface area contributed by atoms with E-state index in [0.717, 1.165) is 13.1 Å². The summed E-state index contributed by atoms with van der Waals surface area (Å²) in [5.74, 6) is 0.756. The molecule has 0 aromatic heterocycles. The first-order valence-electron chi connectivity index (χ1n) is 6.74. The van der Waals surface area contributed by atoms with E-state index in [1.165, 1.54) is 25.7 Å². The molecule has 2 N–H and O–H groups in total. The summed E-state index contributed by atoms with van der Waals surface area (Å²) in [6.45, 7) is 4.34. The van der Waals surface area contributed by atoms with Crippen LogP contribution in [0.15, 0.2) is 0 Å². The molecule has 2 atom stereocenters. The van der Waals surface area contributed by atoms with Crippen LogP contribution in [0.4, 0.5) is 0 Å². The van der Waals surface area contributed by atoms with Crippen LogP contribution < -0.4 is 5.73 Å². The van der Waals surface area contributed by atoms with Gasteiger partial charge in [0, 0.05) is 20.1 Å². The number of hydrogen-bond acceptors (Lipinski definition) is 3. The van der Waals surface area contributed by atoms with Crippen LogP contribution in [0.3, 0.4) is 0 Å². The number of likely N-dealkylation sites (N-methyl/N-ethyl adjacent to an activating group) is 2. The normalized spacial score (nSPS) is 25.0. The van der Waals surface area contributed by atoms with Crippen LogP contribution in [0.5, 0.6) is 0 Å². The predicted octanol–water partition coefficient (Wildman–Crippen LogP) is 0.914. The maximum atomic E-state index is 11.8. The van der Waals surface area contributed by atoms with E-state index in [1.54, 1.807) is 4.90 Å². The maximum absolute atomic E-state index is 11.8. The fraction of sp³-hybridized carbons (Fsp3) is 0.923. The first kappa shape index (κ1) is 14.5. The molecule has 0 spiro atoms. The monoisotopic (exact) mass is 241 g/mol. The van der Waals surface area contributed by atoms with Crippen LogP contribution in [-0.4, -0.2) is 55.5 Å². The average Bonchev–Trinajstić information content (AvgIpc) is 2.35. The van der Waals surface area contributed by atoms with Gasteiger partial charge in [-0.15, -0.1) is 0 Å².